The number of nitrogens with one attached hydrogen (secondary N) is 1. The molecule has 1 unspecified atom stereocenters. The number of amides is 1. The van der Waals surface area contributed by atoms with Crippen LogP contribution in [0.5, 0.6) is 0 Å². The minimum atomic E-state index is -1.34. The Balaban J connectivity index is 1.84. The van der Waals surface area contributed by atoms with Crippen molar-refractivity contribution >= 4 is 17.0 Å². The monoisotopic (exact) mass is 316 g/mol. The van der Waals surface area contributed by atoms with E-state index < -0.39 is 17.3 Å². The van der Waals surface area contributed by atoms with E-state index in [9.17, 15) is 14.7 Å². The van der Waals surface area contributed by atoms with Gasteiger partial charge in [0.1, 0.15) is 11.4 Å². The molecule has 1 amide bonds. The van der Waals surface area contributed by atoms with Gasteiger partial charge in [0.2, 0.25) is 0 Å². The number of furan rings is 1. The number of fused-ring (bicyclic) bond motifs is 1. The van der Waals surface area contributed by atoms with Gasteiger partial charge in [-0.1, -0.05) is 6.07 Å². The highest BCUT2D eigenvalue weighted by molar-refractivity contribution is 6.04. The third-order valence-electron chi connectivity index (χ3n) is 3.71. The van der Waals surface area contributed by atoms with Crippen molar-refractivity contribution in [3.63, 3.8) is 0 Å². The van der Waals surface area contributed by atoms with Crippen LogP contribution >= 0.6 is 0 Å². The number of aliphatic hydroxyl groups is 1. The van der Waals surface area contributed by atoms with Crippen LogP contribution in [0.15, 0.2) is 50.2 Å². The van der Waals surface area contributed by atoms with Crippen molar-refractivity contribution in [2.45, 2.75) is 12.5 Å². The summed E-state index contributed by atoms with van der Waals surface area (Å²) in [7, 11) is 1.57. The van der Waals surface area contributed by atoms with Crippen molar-refractivity contribution < 1.29 is 18.7 Å². The van der Waals surface area contributed by atoms with Crippen LogP contribution in [0.25, 0.3) is 11.1 Å². The van der Waals surface area contributed by atoms with E-state index in [1.807, 2.05) is 0 Å². The molecule has 2 heterocycles. The molecule has 1 aromatic carbocycles. The van der Waals surface area contributed by atoms with E-state index >= 15 is 0 Å². The molecule has 0 aliphatic carbocycles. The van der Waals surface area contributed by atoms with Gasteiger partial charge in [-0.05, 0) is 31.2 Å². The predicted octanol–water partition coefficient (Wildman–Crippen LogP) is 1.36. The second-order valence-electron chi connectivity index (χ2n) is 5.51. The highest BCUT2D eigenvalue weighted by Gasteiger charge is 2.27. The summed E-state index contributed by atoms with van der Waals surface area (Å²) in [5.41, 5.74) is -0.365. The molecule has 0 spiro atoms. The van der Waals surface area contributed by atoms with Crippen LogP contribution in [0, 0.1) is 0 Å². The fraction of sp³-hybridized carbons (Fsp3) is 0.250. The van der Waals surface area contributed by atoms with Crippen molar-refractivity contribution in [3.8, 4) is 0 Å². The molecule has 0 radical (unpaired) electrons. The van der Waals surface area contributed by atoms with Crippen LogP contribution < -0.4 is 11.1 Å². The molecular formula is C16H16N2O5. The van der Waals surface area contributed by atoms with Crippen LogP contribution in [0.2, 0.25) is 0 Å². The molecule has 23 heavy (non-hydrogen) atoms. The summed E-state index contributed by atoms with van der Waals surface area (Å²) in [5, 5.41) is 13.0. The van der Waals surface area contributed by atoms with E-state index in [-0.39, 0.29) is 17.7 Å². The van der Waals surface area contributed by atoms with E-state index in [0.717, 1.165) is 0 Å². The third-order valence-corrected chi connectivity index (χ3v) is 3.71. The summed E-state index contributed by atoms with van der Waals surface area (Å²) in [4.78, 5) is 24.0. The molecule has 3 rings (SSSR count). The Kier molecular flexibility index (Phi) is 3.57. The minimum Gasteiger partial charge on any atom is -0.466 e. The van der Waals surface area contributed by atoms with Crippen molar-refractivity contribution in [1.29, 1.82) is 0 Å². The Labute approximate surface area is 131 Å². The fourth-order valence-electron chi connectivity index (χ4n) is 2.35. The first-order valence-corrected chi connectivity index (χ1v) is 7.03. The van der Waals surface area contributed by atoms with Crippen LogP contribution in [0.1, 0.15) is 23.0 Å². The number of nitrogens with zero attached hydrogens (tertiary/aromatic N) is 1. The van der Waals surface area contributed by atoms with Crippen LogP contribution in [0.4, 0.5) is 0 Å². The first-order valence-electron chi connectivity index (χ1n) is 7.03. The molecule has 0 aliphatic heterocycles. The molecule has 2 aromatic heterocycles. The fourth-order valence-corrected chi connectivity index (χ4v) is 2.35. The number of para-hydroxylation sites is 1. The minimum absolute atomic E-state index is 0.0488. The van der Waals surface area contributed by atoms with Gasteiger partial charge in [-0.2, -0.15) is 0 Å². The topological polar surface area (TPSA) is 97.6 Å². The van der Waals surface area contributed by atoms with Gasteiger partial charge in [0, 0.05) is 7.05 Å². The lowest BCUT2D eigenvalue weighted by Gasteiger charge is -2.21. The van der Waals surface area contributed by atoms with Gasteiger partial charge < -0.3 is 19.3 Å². The number of aryl methyl sites for hydroxylation is 1. The highest BCUT2D eigenvalue weighted by atomic mass is 16.4. The van der Waals surface area contributed by atoms with Crippen molar-refractivity contribution in [2.75, 3.05) is 6.54 Å². The smallest absolute Gasteiger partial charge is 0.419 e. The molecular weight excluding hydrogens is 300 g/mol. The van der Waals surface area contributed by atoms with E-state index in [1.54, 1.807) is 37.4 Å². The SMILES string of the molecule is Cn1c(=O)oc2c(C(=O)NCC(C)(O)c3ccco3)cccc21. The summed E-state index contributed by atoms with van der Waals surface area (Å²) >= 11 is 0. The summed E-state index contributed by atoms with van der Waals surface area (Å²) < 4.78 is 11.6. The maximum atomic E-state index is 12.4. The zero-order valence-corrected chi connectivity index (χ0v) is 12.7. The van der Waals surface area contributed by atoms with Gasteiger partial charge in [0.05, 0.1) is 23.9 Å². The Hall–Kier alpha value is -2.80. The van der Waals surface area contributed by atoms with Crippen molar-refractivity contribution in [3.05, 3.63) is 58.5 Å². The first kappa shape index (κ1) is 15.1. The number of hydrogen-bond donors (Lipinski definition) is 2. The number of aromatic nitrogens is 1. The standard InChI is InChI=1S/C16H16N2O5/c1-16(21,12-7-4-8-22-12)9-17-14(19)10-5-3-6-11-13(10)23-15(20)18(11)2/h3-8,21H,9H2,1-2H3,(H,17,19). The molecule has 2 N–H and O–H groups in total. The van der Waals surface area contributed by atoms with E-state index in [2.05, 4.69) is 5.32 Å². The molecule has 7 heteroatoms. The third kappa shape index (κ3) is 2.66. The summed E-state index contributed by atoms with van der Waals surface area (Å²) in [6.45, 7) is 1.49. The number of oxazole rings is 1. The van der Waals surface area contributed by atoms with Crippen LogP contribution in [-0.2, 0) is 12.6 Å². The van der Waals surface area contributed by atoms with Crippen LogP contribution in [-0.4, -0.2) is 22.1 Å². The molecule has 0 aliphatic rings. The molecule has 120 valence electrons. The zero-order valence-electron chi connectivity index (χ0n) is 12.7. The highest BCUT2D eigenvalue weighted by Crippen LogP contribution is 2.21. The Morgan fingerprint density at radius 3 is 2.83 bits per heavy atom. The lowest BCUT2D eigenvalue weighted by atomic mass is 10.0. The zero-order chi connectivity index (χ0) is 16.6. The van der Waals surface area contributed by atoms with E-state index in [0.29, 0.717) is 11.3 Å². The van der Waals surface area contributed by atoms with Gasteiger partial charge in [-0.3, -0.25) is 9.36 Å². The largest absolute Gasteiger partial charge is 0.466 e. The van der Waals surface area contributed by atoms with Gasteiger partial charge >= 0.3 is 5.76 Å². The van der Waals surface area contributed by atoms with Crippen molar-refractivity contribution in [2.24, 2.45) is 7.05 Å². The lowest BCUT2D eigenvalue weighted by Crippen LogP contribution is -2.38. The first-order chi connectivity index (χ1) is 10.9. The lowest BCUT2D eigenvalue weighted by molar-refractivity contribution is 0.0330. The molecule has 0 bridgehead atoms. The molecule has 3 aromatic rings. The Bertz CT molecular complexity index is 902. The molecule has 1 atom stereocenters. The predicted molar refractivity (Wildman–Crippen MR) is 82.1 cm³/mol. The van der Waals surface area contributed by atoms with E-state index in [4.69, 9.17) is 8.83 Å². The molecule has 0 saturated heterocycles. The van der Waals surface area contributed by atoms with Gasteiger partial charge in [0.15, 0.2) is 5.58 Å². The number of carbonyl (C=O) groups is 1. The Morgan fingerprint density at radius 2 is 2.13 bits per heavy atom. The molecule has 0 saturated carbocycles. The quantitative estimate of drug-likeness (QED) is 0.757. The molecule has 0 fully saturated rings. The van der Waals surface area contributed by atoms with Crippen LogP contribution in [0.3, 0.4) is 0 Å². The average Bonchev–Trinajstić information content (AvgIpc) is 3.15. The maximum absolute atomic E-state index is 12.4. The second kappa shape index (κ2) is 5.44. The number of hydrogen-bond acceptors (Lipinski definition) is 5. The summed E-state index contributed by atoms with van der Waals surface area (Å²) in [6.07, 6.45) is 1.45. The van der Waals surface area contributed by atoms with Gasteiger partial charge in [-0.15, -0.1) is 0 Å². The van der Waals surface area contributed by atoms with Crippen molar-refractivity contribution in [1.82, 2.24) is 9.88 Å². The average molecular weight is 316 g/mol. The normalized spacial score (nSPS) is 13.9. The Morgan fingerprint density at radius 1 is 1.35 bits per heavy atom. The summed E-state index contributed by atoms with van der Waals surface area (Å²) in [6, 6.07) is 8.20. The number of benzene rings is 1. The van der Waals surface area contributed by atoms with Gasteiger partial charge in [-0.25, -0.2) is 4.79 Å². The number of rotatable bonds is 4. The van der Waals surface area contributed by atoms with Gasteiger partial charge in [0.25, 0.3) is 5.91 Å². The second-order valence-corrected chi connectivity index (χ2v) is 5.51. The van der Waals surface area contributed by atoms with E-state index in [1.165, 1.54) is 17.8 Å². The maximum Gasteiger partial charge on any atom is 0.419 e. The number of carbonyl (C=O) groups excluding carboxylic acids is 1. The molecule has 7 nitrogen and oxygen atoms in total. The summed E-state index contributed by atoms with van der Waals surface area (Å²) in [5.74, 6) is -0.637.